The van der Waals surface area contributed by atoms with Gasteiger partial charge in [0.2, 0.25) is 0 Å². The maximum absolute atomic E-state index is 12.7. The van der Waals surface area contributed by atoms with Crippen LogP contribution in [-0.4, -0.2) is 29.1 Å². The highest BCUT2D eigenvalue weighted by Crippen LogP contribution is 2.37. The number of ether oxygens (including phenoxy) is 1. The molecule has 3 N–H and O–H groups in total. The Balaban J connectivity index is 2.24. The van der Waals surface area contributed by atoms with E-state index in [-0.39, 0.29) is 48.4 Å². The lowest BCUT2D eigenvalue weighted by Gasteiger charge is -2.30. The standard InChI is InChI=1S/C23H32N2O4/c1-15(2)11-18(22-19(26)12-23(3,4)13-20(22)27)25-17-7-5-16(6-8-17)14-29-21(28)9-10-24/h5-8,15,26H,9-14,24H2,1-4H3. The number of nitrogens with two attached hydrogens (primary N) is 1. The van der Waals surface area contributed by atoms with Gasteiger partial charge in [0.25, 0.3) is 0 Å². The minimum atomic E-state index is -0.324. The van der Waals surface area contributed by atoms with Crippen molar-refractivity contribution in [1.29, 1.82) is 0 Å². The van der Waals surface area contributed by atoms with Gasteiger partial charge in [-0.3, -0.25) is 14.6 Å². The van der Waals surface area contributed by atoms with E-state index in [4.69, 9.17) is 15.5 Å². The molecule has 29 heavy (non-hydrogen) atoms. The average Bonchev–Trinajstić information content (AvgIpc) is 2.59. The lowest BCUT2D eigenvalue weighted by molar-refractivity contribution is -0.144. The molecule has 0 bridgehead atoms. The van der Waals surface area contributed by atoms with E-state index in [0.717, 1.165) is 5.56 Å². The lowest BCUT2D eigenvalue weighted by Crippen LogP contribution is -2.29. The van der Waals surface area contributed by atoms with Gasteiger partial charge < -0.3 is 15.6 Å². The molecule has 0 fully saturated rings. The molecule has 1 aliphatic rings. The quantitative estimate of drug-likeness (QED) is 0.497. The fourth-order valence-corrected chi connectivity index (χ4v) is 3.38. The Bertz CT molecular complexity index is 805. The molecule has 0 spiro atoms. The summed E-state index contributed by atoms with van der Waals surface area (Å²) in [6.07, 6.45) is 1.67. The zero-order valence-corrected chi connectivity index (χ0v) is 17.8. The van der Waals surface area contributed by atoms with Crippen LogP contribution in [0.5, 0.6) is 0 Å². The number of carbonyl (C=O) groups is 2. The number of hydrogen-bond donors (Lipinski definition) is 2. The van der Waals surface area contributed by atoms with Gasteiger partial charge in [0, 0.05) is 19.4 Å². The van der Waals surface area contributed by atoms with Crippen LogP contribution < -0.4 is 5.73 Å². The van der Waals surface area contributed by atoms with Gasteiger partial charge in [-0.1, -0.05) is 39.8 Å². The largest absolute Gasteiger partial charge is 0.511 e. The number of aliphatic imine (C=N–C) groups is 1. The van der Waals surface area contributed by atoms with E-state index in [2.05, 4.69) is 13.8 Å². The van der Waals surface area contributed by atoms with Crippen LogP contribution in [0.3, 0.4) is 0 Å². The fourth-order valence-electron chi connectivity index (χ4n) is 3.38. The van der Waals surface area contributed by atoms with Crippen LogP contribution in [0, 0.1) is 11.3 Å². The summed E-state index contributed by atoms with van der Waals surface area (Å²) in [7, 11) is 0. The molecule has 0 aromatic heterocycles. The second-order valence-corrected chi connectivity index (χ2v) is 8.78. The number of Topliss-reactive ketones (excluding diaryl/α,β-unsaturated/α-hetero) is 1. The van der Waals surface area contributed by atoms with Crippen molar-refractivity contribution >= 4 is 23.2 Å². The molecule has 1 aliphatic carbocycles. The first-order chi connectivity index (χ1) is 13.6. The highest BCUT2D eigenvalue weighted by molar-refractivity contribution is 6.23. The van der Waals surface area contributed by atoms with E-state index in [0.29, 0.717) is 36.2 Å². The molecular weight excluding hydrogens is 368 g/mol. The summed E-state index contributed by atoms with van der Waals surface area (Å²) in [5.74, 6) is 0.0451. The summed E-state index contributed by atoms with van der Waals surface area (Å²) in [6.45, 7) is 8.53. The highest BCUT2D eigenvalue weighted by Gasteiger charge is 2.35. The number of hydrogen-bond acceptors (Lipinski definition) is 6. The van der Waals surface area contributed by atoms with Crippen LogP contribution in [0.1, 0.15) is 58.9 Å². The highest BCUT2D eigenvalue weighted by atomic mass is 16.5. The Hall–Kier alpha value is -2.47. The summed E-state index contributed by atoms with van der Waals surface area (Å²) in [5, 5.41) is 10.6. The smallest absolute Gasteiger partial charge is 0.307 e. The molecule has 0 radical (unpaired) electrons. The molecule has 0 atom stereocenters. The molecule has 0 unspecified atom stereocenters. The Morgan fingerprint density at radius 3 is 2.45 bits per heavy atom. The van der Waals surface area contributed by atoms with Crippen LogP contribution in [0.2, 0.25) is 0 Å². The molecule has 6 heteroatoms. The average molecular weight is 401 g/mol. The number of esters is 1. The maximum atomic E-state index is 12.7. The number of nitrogens with zero attached hydrogens (tertiary/aromatic N) is 1. The zero-order chi connectivity index (χ0) is 21.6. The van der Waals surface area contributed by atoms with E-state index in [1.54, 1.807) is 0 Å². The Kier molecular flexibility index (Phi) is 7.73. The number of rotatable bonds is 8. The van der Waals surface area contributed by atoms with E-state index in [1.807, 2.05) is 38.1 Å². The Morgan fingerprint density at radius 1 is 1.24 bits per heavy atom. The predicted molar refractivity (Wildman–Crippen MR) is 114 cm³/mol. The van der Waals surface area contributed by atoms with Crippen molar-refractivity contribution in [2.75, 3.05) is 6.54 Å². The number of allylic oxidation sites excluding steroid dienone is 2. The van der Waals surface area contributed by atoms with Crippen molar-refractivity contribution in [3.63, 3.8) is 0 Å². The third kappa shape index (κ3) is 6.82. The van der Waals surface area contributed by atoms with Gasteiger partial charge in [-0.05, 0) is 35.4 Å². The van der Waals surface area contributed by atoms with E-state index in [1.165, 1.54) is 0 Å². The third-order valence-corrected chi connectivity index (χ3v) is 4.69. The first-order valence-electron chi connectivity index (χ1n) is 10.1. The SMILES string of the molecule is CC(C)CC(=Nc1ccc(COC(=O)CCN)cc1)C1=C(O)CC(C)(C)CC1=O. The molecule has 0 amide bonds. The van der Waals surface area contributed by atoms with Crippen molar-refractivity contribution in [2.24, 2.45) is 22.1 Å². The van der Waals surface area contributed by atoms with Gasteiger partial charge in [-0.15, -0.1) is 0 Å². The molecule has 0 aliphatic heterocycles. The number of benzene rings is 1. The first-order valence-corrected chi connectivity index (χ1v) is 10.1. The predicted octanol–water partition coefficient (Wildman–Crippen LogP) is 4.40. The van der Waals surface area contributed by atoms with Gasteiger partial charge in [0.15, 0.2) is 5.78 Å². The molecule has 6 nitrogen and oxygen atoms in total. The van der Waals surface area contributed by atoms with Crippen molar-refractivity contribution in [3.05, 3.63) is 41.2 Å². The van der Waals surface area contributed by atoms with Gasteiger partial charge in [-0.2, -0.15) is 0 Å². The van der Waals surface area contributed by atoms with Gasteiger partial charge in [0.05, 0.1) is 23.4 Å². The summed E-state index contributed by atoms with van der Waals surface area (Å²) in [4.78, 5) is 28.9. The third-order valence-electron chi connectivity index (χ3n) is 4.69. The molecule has 2 rings (SSSR count). The van der Waals surface area contributed by atoms with Crippen LogP contribution in [0.4, 0.5) is 5.69 Å². The Labute approximate surface area is 172 Å². The van der Waals surface area contributed by atoms with E-state index >= 15 is 0 Å². The molecule has 0 saturated carbocycles. The van der Waals surface area contributed by atoms with Crippen molar-refractivity contribution in [2.45, 2.75) is 60.0 Å². The molecule has 1 aromatic carbocycles. The van der Waals surface area contributed by atoms with Gasteiger partial charge in [-0.25, -0.2) is 0 Å². The summed E-state index contributed by atoms with van der Waals surface area (Å²) in [5.41, 5.74) is 7.63. The molecule has 158 valence electrons. The van der Waals surface area contributed by atoms with Crippen LogP contribution in [-0.2, 0) is 20.9 Å². The van der Waals surface area contributed by atoms with Crippen LogP contribution in [0.15, 0.2) is 40.6 Å². The number of aliphatic hydroxyl groups excluding tert-OH is 1. The van der Waals surface area contributed by atoms with Crippen molar-refractivity contribution in [3.8, 4) is 0 Å². The molecule has 1 aromatic rings. The second kappa shape index (κ2) is 9.83. The lowest BCUT2D eigenvalue weighted by atomic mass is 9.75. The number of carbonyl (C=O) groups excluding carboxylic acids is 2. The zero-order valence-electron chi connectivity index (χ0n) is 17.8. The first kappa shape index (κ1) is 22.8. The maximum Gasteiger partial charge on any atom is 0.307 e. The van der Waals surface area contributed by atoms with Crippen molar-refractivity contribution in [1.82, 2.24) is 0 Å². The molecule has 0 saturated heterocycles. The second-order valence-electron chi connectivity index (χ2n) is 8.78. The minimum Gasteiger partial charge on any atom is -0.511 e. The topological polar surface area (TPSA) is 102 Å². The molecule has 0 heterocycles. The minimum absolute atomic E-state index is 0.0541. The summed E-state index contributed by atoms with van der Waals surface area (Å²) in [6, 6.07) is 7.31. The monoisotopic (exact) mass is 400 g/mol. The van der Waals surface area contributed by atoms with Gasteiger partial charge >= 0.3 is 5.97 Å². The fraction of sp³-hybridized carbons (Fsp3) is 0.522. The normalized spacial score (nSPS) is 17.0. The number of ketones is 1. The summed E-state index contributed by atoms with van der Waals surface area (Å²) < 4.78 is 5.14. The van der Waals surface area contributed by atoms with E-state index in [9.17, 15) is 14.7 Å². The Morgan fingerprint density at radius 2 is 1.90 bits per heavy atom. The molecular formula is C23H32N2O4. The van der Waals surface area contributed by atoms with Crippen LogP contribution >= 0.6 is 0 Å². The van der Waals surface area contributed by atoms with Gasteiger partial charge in [0.1, 0.15) is 12.4 Å². The van der Waals surface area contributed by atoms with Crippen LogP contribution in [0.25, 0.3) is 0 Å². The van der Waals surface area contributed by atoms with Crippen molar-refractivity contribution < 1.29 is 19.4 Å². The van der Waals surface area contributed by atoms with E-state index < -0.39 is 0 Å². The number of aliphatic hydroxyl groups is 1. The summed E-state index contributed by atoms with van der Waals surface area (Å²) >= 11 is 0.